The van der Waals surface area contributed by atoms with Gasteiger partial charge in [-0.1, -0.05) is 39.0 Å². The molecule has 2 amide bonds. The molecule has 0 aliphatic rings. The molecule has 2 aromatic rings. The molecule has 36 heavy (non-hydrogen) atoms. The summed E-state index contributed by atoms with van der Waals surface area (Å²) in [6.45, 7) is 9.65. The number of rotatable bonds is 8. The molecule has 1 N–H and O–H groups in total. The van der Waals surface area contributed by atoms with Crippen molar-refractivity contribution >= 4 is 23.2 Å². The highest BCUT2D eigenvalue weighted by Gasteiger charge is 2.37. The van der Waals surface area contributed by atoms with Crippen LogP contribution in [0.1, 0.15) is 55.9 Å². The number of anilines is 2. The second-order valence-corrected chi connectivity index (χ2v) is 9.36. The van der Waals surface area contributed by atoms with Gasteiger partial charge >= 0.3 is 12.4 Å². The molecular weight excluding hydrogens is 486 g/mol. The molecule has 4 nitrogen and oxygen atoms in total. The fraction of sp³-hybridized carbons (Fsp3) is 0.462. The van der Waals surface area contributed by atoms with Crippen molar-refractivity contribution in [3.63, 3.8) is 0 Å². The fourth-order valence-corrected chi connectivity index (χ4v) is 3.82. The van der Waals surface area contributed by atoms with Gasteiger partial charge in [0.1, 0.15) is 0 Å². The van der Waals surface area contributed by atoms with Gasteiger partial charge in [-0.25, -0.2) is 0 Å². The molecule has 0 heterocycles. The van der Waals surface area contributed by atoms with Crippen molar-refractivity contribution in [2.75, 3.05) is 16.8 Å². The number of halogens is 6. The van der Waals surface area contributed by atoms with Crippen LogP contribution in [0.25, 0.3) is 0 Å². The third-order valence-electron chi connectivity index (χ3n) is 5.69. The Morgan fingerprint density at radius 1 is 0.889 bits per heavy atom. The van der Waals surface area contributed by atoms with Crippen LogP contribution < -0.4 is 10.2 Å². The van der Waals surface area contributed by atoms with E-state index >= 15 is 0 Å². The molecule has 1 atom stereocenters. The Balaban J connectivity index is 2.27. The summed E-state index contributed by atoms with van der Waals surface area (Å²) in [7, 11) is 0. The Morgan fingerprint density at radius 3 is 1.83 bits per heavy atom. The van der Waals surface area contributed by atoms with E-state index in [1.165, 1.54) is 6.92 Å². The summed E-state index contributed by atoms with van der Waals surface area (Å²) in [4.78, 5) is 27.5. The summed E-state index contributed by atoms with van der Waals surface area (Å²) >= 11 is 0. The van der Waals surface area contributed by atoms with E-state index in [4.69, 9.17) is 0 Å². The summed E-state index contributed by atoms with van der Waals surface area (Å²) < 4.78 is 78.6. The van der Waals surface area contributed by atoms with Crippen molar-refractivity contribution in [1.82, 2.24) is 0 Å². The Labute approximate surface area is 206 Å². The SMILES string of the molecule is Cc1cccc(C)c1N(CCC(C)C)C(=O)C(C)CC(=O)Nc1cc(C(F)(F)F)cc(C(F)(F)F)c1. The molecule has 0 radical (unpaired) electrons. The van der Waals surface area contributed by atoms with E-state index in [-0.39, 0.29) is 12.0 Å². The summed E-state index contributed by atoms with van der Waals surface area (Å²) in [5.41, 5.74) is -1.26. The molecule has 198 valence electrons. The summed E-state index contributed by atoms with van der Waals surface area (Å²) in [5.74, 6) is -1.80. The van der Waals surface area contributed by atoms with Gasteiger partial charge in [-0.05, 0) is 55.5 Å². The lowest BCUT2D eigenvalue weighted by molar-refractivity contribution is -0.143. The number of carbonyl (C=O) groups excluding carboxylic acids is 2. The van der Waals surface area contributed by atoms with Crippen LogP contribution in [-0.2, 0) is 21.9 Å². The van der Waals surface area contributed by atoms with E-state index in [1.54, 1.807) is 4.90 Å². The van der Waals surface area contributed by atoms with Gasteiger partial charge in [-0.15, -0.1) is 0 Å². The lowest BCUT2D eigenvalue weighted by Gasteiger charge is -2.29. The first-order chi connectivity index (χ1) is 16.5. The number of alkyl halides is 6. The zero-order valence-electron chi connectivity index (χ0n) is 20.8. The first kappa shape index (κ1) is 29.2. The van der Waals surface area contributed by atoms with Crippen molar-refractivity contribution in [3.05, 3.63) is 58.7 Å². The summed E-state index contributed by atoms with van der Waals surface area (Å²) in [6, 6.07) is 6.44. The maximum atomic E-state index is 13.4. The second-order valence-electron chi connectivity index (χ2n) is 9.36. The van der Waals surface area contributed by atoms with Crippen molar-refractivity contribution in [1.29, 1.82) is 0 Å². The number of hydrogen-bond donors (Lipinski definition) is 1. The van der Waals surface area contributed by atoms with Crippen LogP contribution in [0, 0.1) is 25.7 Å². The van der Waals surface area contributed by atoms with Crippen molar-refractivity contribution in [2.45, 2.75) is 59.8 Å². The highest BCUT2D eigenvalue weighted by Crippen LogP contribution is 2.37. The lowest BCUT2D eigenvalue weighted by atomic mass is 10.0. The number of amides is 2. The van der Waals surface area contributed by atoms with Gasteiger partial charge < -0.3 is 10.2 Å². The van der Waals surface area contributed by atoms with Crippen LogP contribution in [0.2, 0.25) is 0 Å². The molecule has 0 fully saturated rings. The standard InChI is InChI=1S/C26H30F6N2O2/c1-15(2)9-10-34(23-16(3)7-6-8-17(23)4)24(36)18(5)11-22(35)33-21-13-19(25(27,28)29)12-20(14-21)26(30,31)32/h6-8,12-15,18H,9-11H2,1-5H3,(H,33,35). The minimum absolute atomic E-state index is 0.0149. The second kappa shape index (κ2) is 11.3. The Kier molecular flexibility index (Phi) is 9.20. The van der Waals surface area contributed by atoms with Gasteiger partial charge in [0, 0.05) is 30.3 Å². The number of hydrogen-bond acceptors (Lipinski definition) is 2. The first-order valence-corrected chi connectivity index (χ1v) is 11.5. The average Bonchev–Trinajstić information content (AvgIpc) is 2.73. The summed E-state index contributed by atoms with van der Waals surface area (Å²) in [5, 5.41) is 2.09. The molecule has 0 saturated heterocycles. The van der Waals surface area contributed by atoms with E-state index in [9.17, 15) is 35.9 Å². The van der Waals surface area contributed by atoms with Crippen LogP contribution in [0.5, 0.6) is 0 Å². The lowest BCUT2D eigenvalue weighted by Crippen LogP contribution is -2.38. The molecule has 0 spiro atoms. The summed E-state index contributed by atoms with van der Waals surface area (Å²) in [6.07, 6.45) is -9.79. The van der Waals surface area contributed by atoms with Crippen molar-refractivity contribution in [3.8, 4) is 0 Å². The Hall–Kier alpha value is -3.04. The highest BCUT2D eigenvalue weighted by atomic mass is 19.4. The number of benzene rings is 2. The Bertz CT molecular complexity index is 1040. The van der Waals surface area contributed by atoms with Gasteiger partial charge in [0.2, 0.25) is 11.8 Å². The maximum Gasteiger partial charge on any atom is 0.416 e. The minimum Gasteiger partial charge on any atom is -0.326 e. The molecule has 0 aliphatic heterocycles. The maximum absolute atomic E-state index is 13.4. The molecular formula is C26H30F6N2O2. The van der Waals surface area contributed by atoms with E-state index in [0.717, 1.165) is 16.8 Å². The van der Waals surface area contributed by atoms with Crippen molar-refractivity contribution < 1.29 is 35.9 Å². The van der Waals surface area contributed by atoms with Gasteiger partial charge in [0.05, 0.1) is 11.1 Å². The van der Waals surface area contributed by atoms with E-state index < -0.39 is 47.4 Å². The monoisotopic (exact) mass is 516 g/mol. The molecule has 0 saturated carbocycles. The van der Waals surface area contributed by atoms with Gasteiger partial charge in [0.15, 0.2) is 0 Å². The average molecular weight is 517 g/mol. The quantitative estimate of drug-likeness (QED) is 0.372. The zero-order chi connectivity index (χ0) is 27.4. The molecule has 10 heteroatoms. The third-order valence-corrected chi connectivity index (χ3v) is 5.69. The number of nitrogens with one attached hydrogen (secondary N) is 1. The van der Waals surface area contributed by atoms with Gasteiger partial charge in [-0.3, -0.25) is 9.59 Å². The van der Waals surface area contributed by atoms with Crippen LogP contribution in [-0.4, -0.2) is 18.4 Å². The predicted molar refractivity (Wildman–Crippen MR) is 127 cm³/mol. The molecule has 2 aromatic carbocycles. The van der Waals surface area contributed by atoms with E-state index in [0.29, 0.717) is 31.0 Å². The first-order valence-electron chi connectivity index (χ1n) is 11.5. The molecule has 0 aromatic heterocycles. The highest BCUT2D eigenvalue weighted by molar-refractivity contribution is 6.00. The fourth-order valence-electron chi connectivity index (χ4n) is 3.82. The number of aryl methyl sites for hydroxylation is 2. The molecule has 0 aliphatic carbocycles. The van der Waals surface area contributed by atoms with Gasteiger partial charge in [0.25, 0.3) is 0 Å². The smallest absolute Gasteiger partial charge is 0.326 e. The van der Waals surface area contributed by atoms with Crippen molar-refractivity contribution in [2.24, 2.45) is 11.8 Å². The van der Waals surface area contributed by atoms with E-state index in [1.807, 2.05) is 45.9 Å². The molecule has 2 rings (SSSR count). The van der Waals surface area contributed by atoms with Crippen LogP contribution in [0.4, 0.5) is 37.7 Å². The largest absolute Gasteiger partial charge is 0.416 e. The number of carbonyl (C=O) groups is 2. The molecule has 1 unspecified atom stereocenters. The zero-order valence-corrected chi connectivity index (χ0v) is 20.8. The van der Waals surface area contributed by atoms with Crippen LogP contribution in [0.15, 0.2) is 36.4 Å². The Morgan fingerprint density at radius 2 is 1.39 bits per heavy atom. The van der Waals surface area contributed by atoms with Crippen LogP contribution >= 0.6 is 0 Å². The number of para-hydroxylation sites is 1. The third kappa shape index (κ3) is 7.73. The van der Waals surface area contributed by atoms with E-state index in [2.05, 4.69) is 5.32 Å². The minimum atomic E-state index is -5.04. The topological polar surface area (TPSA) is 49.4 Å². The molecule has 0 bridgehead atoms. The number of nitrogens with zero attached hydrogens (tertiary/aromatic N) is 1. The predicted octanol–water partition coefficient (Wildman–Crippen LogP) is 7.39. The van der Waals surface area contributed by atoms with Crippen LogP contribution in [0.3, 0.4) is 0 Å². The normalized spacial score (nSPS) is 13.0. The van der Waals surface area contributed by atoms with Gasteiger partial charge in [-0.2, -0.15) is 26.3 Å².